The number of carbonyl (C=O) groups excluding carboxylic acids is 2. The third-order valence-corrected chi connectivity index (χ3v) is 3.70. The summed E-state index contributed by atoms with van der Waals surface area (Å²) in [5, 5.41) is 0. The molecule has 0 aromatic heterocycles. The minimum Gasteiger partial charge on any atom is -0.463 e. The molecule has 0 atom stereocenters. The molecule has 0 saturated carbocycles. The Labute approximate surface area is 148 Å². The summed E-state index contributed by atoms with van der Waals surface area (Å²) in [6.07, 6.45) is 7.73. The zero-order chi connectivity index (χ0) is 19.0. The molecule has 0 aliphatic rings. The zero-order valence-corrected chi connectivity index (χ0v) is 15.6. The Morgan fingerprint density at radius 2 is 1.16 bits per heavy atom. The molecule has 8 nitrogen and oxygen atoms in total. The number of allylic oxidation sites excluding steroid dienone is 2. The van der Waals surface area contributed by atoms with Crippen molar-refractivity contribution < 1.29 is 37.6 Å². The van der Waals surface area contributed by atoms with Gasteiger partial charge >= 0.3 is 19.8 Å². The van der Waals surface area contributed by atoms with Gasteiger partial charge < -0.3 is 14.4 Å². The minimum atomic E-state index is -4.09. The Morgan fingerprint density at radius 3 is 1.52 bits per heavy atom. The van der Waals surface area contributed by atoms with Crippen molar-refractivity contribution in [3.63, 3.8) is 0 Å². The van der Waals surface area contributed by atoms with Crippen LogP contribution in [-0.4, -0.2) is 43.3 Å². The molecule has 0 radical (unpaired) electrons. The summed E-state index contributed by atoms with van der Waals surface area (Å²) >= 11 is 0. The van der Waals surface area contributed by atoms with Crippen LogP contribution in [0.3, 0.4) is 0 Å². The van der Waals surface area contributed by atoms with Gasteiger partial charge in [-0.05, 0) is 39.5 Å². The lowest BCUT2D eigenvalue weighted by molar-refractivity contribution is -0.138. The number of ether oxygens (including phenoxy) is 2. The number of phosphoric acid groups is 1. The third-order valence-electron chi connectivity index (χ3n) is 2.68. The topological polar surface area (TPSA) is 108 Å². The fourth-order valence-corrected chi connectivity index (χ4v) is 2.31. The van der Waals surface area contributed by atoms with E-state index < -0.39 is 19.8 Å². The summed E-state index contributed by atoms with van der Waals surface area (Å²) in [6, 6.07) is 0. The largest absolute Gasteiger partial charge is 0.472 e. The molecule has 0 saturated heterocycles. The summed E-state index contributed by atoms with van der Waals surface area (Å²) < 4.78 is 30.9. The van der Waals surface area contributed by atoms with Crippen molar-refractivity contribution in [2.24, 2.45) is 0 Å². The van der Waals surface area contributed by atoms with Gasteiger partial charge in [0, 0.05) is 12.2 Å². The van der Waals surface area contributed by atoms with Crippen molar-refractivity contribution in [1.82, 2.24) is 0 Å². The van der Waals surface area contributed by atoms with Gasteiger partial charge in [0.25, 0.3) is 0 Å². The monoisotopic (exact) mass is 378 g/mol. The van der Waals surface area contributed by atoms with Crippen LogP contribution in [0.1, 0.15) is 39.5 Å². The Kier molecular flexibility index (Phi) is 14.0. The second-order valence-electron chi connectivity index (χ2n) is 4.88. The lowest BCUT2D eigenvalue weighted by Crippen LogP contribution is -2.05. The Bertz CT molecular complexity index is 447. The molecule has 0 aromatic rings. The van der Waals surface area contributed by atoms with E-state index in [1.807, 2.05) is 0 Å². The highest BCUT2D eigenvalue weighted by Gasteiger charge is 2.20. The number of rotatable bonds is 14. The van der Waals surface area contributed by atoms with Crippen LogP contribution in [0, 0.1) is 0 Å². The van der Waals surface area contributed by atoms with Crippen molar-refractivity contribution in [2.45, 2.75) is 39.5 Å². The van der Waals surface area contributed by atoms with Crippen molar-refractivity contribution in [2.75, 3.05) is 26.4 Å². The number of esters is 2. The second-order valence-corrected chi connectivity index (χ2v) is 6.34. The fraction of sp³-hybridized carbons (Fsp3) is 0.625. The third kappa shape index (κ3) is 15.8. The lowest BCUT2D eigenvalue weighted by Gasteiger charge is -2.12. The van der Waals surface area contributed by atoms with Crippen LogP contribution in [0.25, 0.3) is 0 Å². The summed E-state index contributed by atoms with van der Waals surface area (Å²) in [4.78, 5) is 31.5. The number of carbonyl (C=O) groups is 2. The predicted molar refractivity (Wildman–Crippen MR) is 91.7 cm³/mol. The van der Waals surface area contributed by atoms with Crippen molar-refractivity contribution in [3.05, 3.63) is 24.3 Å². The maximum Gasteiger partial charge on any atom is 0.472 e. The highest BCUT2D eigenvalue weighted by molar-refractivity contribution is 7.47. The van der Waals surface area contributed by atoms with Gasteiger partial charge in [-0.25, -0.2) is 14.2 Å². The number of unbranched alkanes of at least 4 members (excludes halogenated alkanes) is 2. The molecule has 0 aliphatic heterocycles. The fourth-order valence-electron chi connectivity index (χ4n) is 1.52. The van der Waals surface area contributed by atoms with E-state index >= 15 is 0 Å². The maximum atomic E-state index is 11.6. The summed E-state index contributed by atoms with van der Waals surface area (Å²) in [7, 11) is -4.09. The molecule has 0 rings (SSSR count). The standard InChI is InChI=1S/C16H27O8P/c1-3-9-15(17)21-11-5-7-13-23-25(19,20)24-14-8-6-12-22-16(18)10-4-2/h3-4,9-10H,5-8,11-14H2,1-2H3,(H,19,20)/b9-3+,10-4+. The van der Waals surface area contributed by atoms with Crippen molar-refractivity contribution in [1.29, 1.82) is 0 Å². The molecular weight excluding hydrogens is 351 g/mol. The summed E-state index contributed by atoms with van der Waals surface area (Å²) in [5.41, 5.74) is 0. The molecule has 0 aliphatic carbocycles. The van der Waals surface area contributed by atoms with Gasteiger partial charge in [0.15, 0.2) is 0 Å². The molecule has 0 aromatic carbocycles. The Hall–Kier alpha value is -1.47. The van der Waals surface area contributed by atoms with E-state index in [2.05, 4.69) is 0 Å². The van der Waals surface area contributed by atoms with Crippen molar-refractivity contribution in [3.8, 4) is 0 Å². The van der Waals surface area contributed by atoms with Crippen LogP contribution in [0.15, 0.2) is 24.3 Å². The molecule has 0 spiro atoms. The van der Waals surface area contributed by atoms with Gasteiger partial charge in [0.1, 0.15) is 0 Å². The maximum absolute atomic E-state index is 11.6. The lowest BCUT2D eigenvalue weighted by atomic mass is 10.3. The van der Waals surface area contributed by atoms with E-state index in [1.54, 1.807) is 26.0 Å². The first-order valence-corrected chi connectivity index (χ1v) is 9.61. The molecule has 25 heavy (non-hydrogen) atoms. The van der Waals surface area contributed by atoms with Crippen LogP contribution in [-0.2, 0) is 32.7 Å². The van der Waals surface area contributed by atoms with E-state index in [0.29, 0.717) is 25.7 Å². The SMILES string of the molecule is C/C=C/C(=O)OCCCCOP(=O)(O)OCCCCOC(=O)/C=C/C. The molecule has 1 N–H and O–H groups in total. The van der Waals surface area contributed by atoms with E-state index in [1.165, 1.54) is 12.2 Å². The number of phosphoric ester groups is 1. The summed E-state index contributed by atoms with van der Waals surface area (Å²) in [5.74, 6) is -0.841. The molecule has 0 unspecified atom stereocenters. The van der Waals surface area contributed by atoms with Gasteiger partial charge in [-0.2, -0.15) is 0 Å². The van der Waals surface area contributed by atoms with Gasteiger partial charge in [-0.3, -0.25) is 9.05 Å². The highest BCUT2D eigenvalue weighted by atomic mass is 31.2. The van der Waals surface area contributed by atoms with Gasteiger partial charge in [-0.15, -0.1) is 0 Å². The first kappa shape index (κ1) is 23.5. The molecule has 0 heterocycles. The Balaban J connectivity index is 3.60. The minimum absolute atomic E-state index is 0.0237. The number of hydrogen-bond donors (Lipinski definition) is 1. The predicted octanol–water partition coefficient (Wildman–Crippen LogP) is 2.92. The van der Waals surface area contributed by atoms with Gasteiger partial charge in [-0.1, -0.05) is 12.2 Å². The normalized spacial score (nSPS) is 12.0. The van der Waals surface area contributed by atoms with Gasteiger partial charge in [0.2, 0.25) is 0 Å². The van der Waals surface area contributed by atoms with Crippen LogP contribution in [0.4, 0.5) is 0 Å². The quantitative estimate of drug-likeness (QED) is 0.213. The zero-order valence-electron chi connectivity index (χ0n) is 14.7. The molecule has 0 amide bonds. The summed E-state index contributed by atoms with van der Waals surface area (Å²) in [6.45, 7) is 3.91. The molecule has 0 bridgehead atoms. The van der Waals surface area contributed by atoms with Crippen molar-refractivity contribution >= 4 is 19.8 Å². The van der Waals surface area contributed by atoms with E-state index in [4.69, 9.17) is 18.5 Å². The van der Waals surface area contributed by atoms with E-state index in [0.717, 1.165) is 0 Å². The first-order valence-electron chi connectivity index (χ1n) is 8.12. The number of hydrogen-bond acceptors (Lipinski definition) is 7. The highest BCUT2D eigenvalue weighted by Crippen LogP contribution is 2.43. The van der Waals surface area contributed by atoms with E-state index in [9.17, 15) is 19.0 Å². The molecular formula is C16H27O8P. The van der Waals surface area contributed by atoms with Crippen LogP contribution >= 0.6 is 7.82 Å². The average Bonchev–Trinajstić information content (AvgIpc) is 2.54. The van der Waals surface area contributed by atoms with Crippen LogP contribution < -0.4 is 0 Å². The van der Waals surface area contributed by atoms with Crippen LogP contribution in [0.2, 0.25) is 0 Å². The Morgan fingerprint density at radius 1 is 0.800 bits per heavy atom. The molecule has 0 fully saturated rings. The first-order chi connectivity index (χ1) is 11.9. The smallest absolute Gasteiger partial charge is 0.463 e. The molecule has 9 heteroatoms. The van der Waals surface area contributed by atoms with E-state index in [-0.39, 0.29) is 26.4 Å². The van der Waals surface area contributed by atoms with Gasteiger partial charge in [0.05, 0.1) is 26.4 Å². The second kappa shape index (κ2) is 14.8. The molecule has 144 valence electrons. The average molecular weight is 378 g/mol. The van der Waals surface area contributed by atoms with Crippen LogP contribution in [0.5, 0.6) is 0 Å².